The second-order valence-corrected chi connectivity index (χ2v) is 6.98. The van der Waals surface area contributed by atoms with Crippen LogP contribution in [0.3, 0.4) is 0 Å². The van der Waals surface area contributed by atoms with Crippen LogP contribution in [0.25, 0.3) is 0 Å². The van der Waals surface area contributed by atoms with Crippen molar-refractivity contribution in [3.8, 4) is 0 Å². The minimum Gasteiger partial charge on any atom is -0.308 e. The first-order valence-corrected chi connectivity index (χ1v) is 7.75. The molecule has 2 atom stereocenters. The molecule has 3 nitrogen and oxygen atoms in total. The van der Waals surface area contributed by atoms with Gasteiger partial charge in [0.2, 0.25) is 0 Å². The monoisotopic (exact) mass is 323 g/mol. The highest BCUT2D eigenvalue weighted by atomic mass is 35.5. The van der Waals surface area contributed by atoms with Crippen molar-refractivity contribution in [2.45, 2.75) is 70.0 Å². The second-order valence-electron chi connectivity index (χ2n) is 6.72. The third-order valence-corrected chi connectivity index (χ3v) is 4.29. The van der Waals surface area contributed by atoms with E-state index in [1.54, 1.807) is 0 Å². The maximum atomic E-state index is 13.0. The standard InChI is InChI=1S/C14H21ClF3N3/c1-13(2,3)21-11(8-15)19-20-12(21)9-5-4-6-10(7-9)14(16,17)18/h9-10H,4-8H2,1-3H3. The predicted octanol–water partition coefficient (Wildman–Crippen LogP) is 4.61. The number of halogens is 4. The normalized spacial score (nSPS) is 24.3. The summed E-state index contributed by atoms with van der Waals surface area (Å²) in [7, 11) is 0. The number of hydrogen-bond donors (Lipinski definition) is 0. The lowest BCUT2D eigenvalue weighted by Gasteiger charge is -2.33. The highest BCUT2D eigenvalue weighted by Crippen LogP contribution is 2.44. The first-order valence-electron chi connectivity index (χ1n) is 7.22. The van der Waals surface area contributed by atoms with E-state index in [2.05, 4.69) is 10.2 Å². The van der Waals surface area contributed by atoms with Gasteiger partial charge in [-0.2, -0.15) is 13.2 Å². The number of aromatic nitrogens is 3. The summed E-state index contributed by atoms with van der Waals surface area (Å²) < 4.78 is 40.8. The molecule has 0 bridgehead atoms. The minimum absolute atomic E-state index is 0.0972. The third kappa shape index (κ3) is 3.52. The van der Waals surface area contributed by atoms with E-state index in [1.807, 2.05) is 25.3 Å². The van der Waals surface area contributed by atoms with Crippen LogP contribution in [0.2, 0.25) is 0 Å². The zero-order valence-electron chi connectivity index (χ0n) is 12.5. The van der Waals surface area contributed by atoms with Gasteiger partial charge in [0, 0.05) is 11.5 Å². The molecule has 2 rings (SSSR count). The predicted molar refractivity (Wildman–Crippen MR) is 75.3 cm³/mol. The van der Waals surface area contributed by atoms with Crippen LogP contribution in [-0.4, -0.2) is 20.9 Å². The maximum absolute atomic E-state index is 13.0. The van der Waals surface area contributed by atoms with Crippen LogP contribution in [0, 0.1) is 5.92 Å². The Labute approximate surface area is 127 Å². The number of rotatable bonds is 2. The van der Waals surface area contributed by atoms with Crippen LogP contribution >= 0.6 is 11.6 Å². The molecule has 0 N–H and O–H groups in total. The van der Waals surface area contributed by atoms with Crippen molar-refractivity contribution in [3.63, 3.8) is 0 Å². The van der Waals surface area contributed by atoms with Gasteiger partial charge in [-0.05, 0) is 40.0 Å². The van der Waals surface area contributed by atoms with Crippen molar-refractivity contribution >= 4 is 11.6 Å². The van der Waals surface area contributed by atoms with E-state index >= 15 is 0 Å². The Morgan fingerprint density at radius 2 is 1.86 bits per heavy atom. The van der Waals surface area contributed by atoms with E-state index in [9.17, 15) is 13.2 Å². The van der Waals surface area contributed by atoms with Gasteiger partial charge in [0.15, 0.2) is 0 Å². The van der Waals surface area contributed by atoms with E-state index in [1.165, 1.54) is 0 Å². The van der Waals surface area contributed by atoms with Gasteiger partial charge < -0.3 is 4.57 Å². The summed E-state index contributed by atoms with van der Waals surface area (Å²) in [5, 5.41) is 8.22. The molecule has 1 aliphatic carbocycles. The zero-order chi connectivity index (χ0) is 15.8. The average molecular weight is 324 g/mol. The van der Waals surface area contributed by atoms with Crippen LogP contribution in [0.4, 0.5) is 13.2 Å². The first-order chi connectivity index (χ1) is 9.64. The molecule has 1 aromatic rings. The van der Waals surface area contributed by atoms with Crippen LogP contribution in [0.15, 0.2) is 0 Å². The summed E-state index contributed by atoms with van der Waals surface area (Å²) in [6.07, 6.45) is -2.52. The molecular formula is C14H21ClF3N3. The third-order valence-electron chi connectivity index (χ3n) is 4.05. The van der Waals surface area contributed by atoms with Crippen molar-refractivity contribution in [3.05, 3.63) is 11.6 Å². The van der Waals surface area contributed by atoms with Crippen LogP contribution in [0.5, 0.6) is 0 Å². The molecular weight excluding hydrogens is 303 g/mol. The molecule has 1 heterocycles. The molecule has 1 aromatic heterocycles. The first kappa shape index (κ1) is 16.6. The maximum Gasteiger partial charge on any atom is 0.391 e. The van der Waals surface area contributed by atoms with Crippen molar-refractivity contribution in [1.29, 1.82) is 0 Å². The highest BCUT2D eigenvalue weighted by Gasteiger charge is 2.43. The van der Waals surface area contributed by atoms with Gasteiger partial charge in [-0.3, -0.25) is 0 Å². The molecule has 0 spiro atoms. The van der Waals surface area contributed by atoms with Gasteiger partial charge in [0.25, 0.3) is 0 Å². The van der Waals surface area contributed by atoms with E-state index in [0.717, 1.165) is 6.42 Å². The lowest BCUT2D eigenvalue weighted by Crippen LogP contribution is -2.32. The zero-order valence-corrected chi connectivity index (χ0v) is 13.3. The average Bonchev–Trinajstić information content (AvgIpc) is 2.81. The smallest absolute Gasteiger partial charge is 0.308 e. The summed E-state index contributed by atoms with van der Waals surface area (Å²) in [6, 6.07) is 0. The van der Waals surface area contributed by atoms with Crippen molar-refractivity contribution in [1.82, 2.24) is 14.8 Å². The van der Waals surface area contributed by atoms with Crippen molar-refractivity contribution in [2.75, 3.05) is 0 Å². The van der Waals surface area contributed by atoms with Gasteiger partial charge in [0.1, 0.15) is 11.6 Å². The molecule has 1 fully saturated rings. The molecule has 0 saturated heterocycles. The van der Waals surface area contributed by atoms with E-state index in [0.29, 0.717) is 18.1 Å². The lowest BCUT2D eigenvalue weighted by molar-refractivity contribution is -0.183. The van der Waals surface area contributed by atoms with Gasteiger partial charge in [-0.15, -0.1) is 21.8 Å². The van der Waals surface area contributed by atoms with Gasteiger partial charge >= 0.3 is 6.18 Å². The van der Waals surface area contributed by atoms with Crippen LogP contribution in [0.1, 0.15) is 64.0 Å². The summed E-state index contributed by atoms with van der Waals surface area (Å²) in [4.78, 5) is 0. The topological polar surface area (TPSA) is 30.7 Å². The molecule has 1 aliphatic rings. The summed E-state index contributed by atoms with van der Waals surface area (Å²) in [5.41, 5.74) is -0.297. The van der Waals surface area contributed by atoms with Gasteiger partial charge in [-0.1, -0.05) is 6.42 Å². The molecule has 120 valence electrons. The SMILES string of the molecule is CC(C)(C)n1c(CCl)nnc1C1CCCC(C(F)(F)F)C1. The van der Waals surface area contributed by atoms with E-state index in [4.69, 9.17) is 11.6 Å². The summed E-state index contributed by atoms with van der Waals surface area (Å²) >= 11 is 5.89. The van der Waals surface area contributed by atoms with Crippen LogP contribution in [-0.2, 0) is 11.4 Å². The number of nitrogens with zero attached hydrogens (tertiary/aromatic N) is 3. The fourth-order valence-electron chi connectivity index (χ4n) is 3.13. The number of alkyl halides is 4. The van der Waals surface area contributed by atoms with E-state index < -0.39 is 12.1 Å². The summed E-state index contributed by atoms with van der Waals surface area (Å²) in [5.74, 6) is 0.0370. The van der Waals surface area contributed by atoms with Crippen molar-refractivity contribution in [2.24, 2.45) is 5.92 Å². The van der Waals surface area contributed by atoms with Gasteiger partial charge in [0.05, 0.1) is 11.8 Å². The molecule has 0 amide bonds. The molecule has 2 unspecified atom stereocenters. The Morgan fingerprint density at radius 1 is 1.19 bits per heavy atom. The quantitative estimate of drug-likeness (QED) is 0.744. The van der Waals surface area contributed by atoms with Gasteiger partial charge in [-0.25, -0.2) is 0 Å². The largest absolute Gasteiger partial charge is 0.391 e. The molecule has 1 saturated carbocycles. The summed E-state index contributed by atoms with van der Waals surface area (Å²) in [6.45, 7) is 5.96. The Hall–Kier alpha value is -0.780. The minimum atomic E-state index is -4.12. The Bertz CT molecular complexity index is 491. The number of hydrogen-bond acceptors (Lipinski definition) is 2. The second kappa shape index (κ2) is 5.78. The molecule has 0 aliphatic heterocycles. The van der Waals surface area contributed by atoms with Crippen LogP contribution < -0.4 is 0 Å². The Morgan fingerprint density at radius 3 is 2.38 bits per heavy atom. The van der Waals surface area contributed by atoms with E-state index in [-0.39, 0.29) is 30.2 Å². The van der Waals surface area contributed by atoms with Crippen molar-refractivity contribution < 1.29 is 13.2 Å². The Balaban J connectivity index is 2.32. The molecule has 0 radical (unpaired) electrons. The molecule has 7 heteroatoms. The molecule has 0 aromatic carbocycles. The molecule has 21 heavy (non-hydrogen) atoms. The Kier molecular flexibility index (Phi) is 4.57. The lowest BCUT2D eigenvalue weighted by atomic mass is 9.80. The highest BCUT2D eigenvalue weighted by molar-refractivity contribution is 6.16. The fourth-order valence-corrected chi connectivity index (χ4v) is 3.31. The fraction of sp³-hybridized carbons (Fsp3) is 0.857.